The molecule has 0 saturated carbocycles. The molecular weight excluding hydrogens is 218 g/mol. The Hall–Kier alpha value is -0.180. The lowest BCUT2D eigenvalue weighted by molar-refractivity contribution is -0.120. The average Bonchev–Trinajstić information content (AvgIpc) is 2.10. The van der Waals surface area contributed by atoms with Crippen LogP contribution in [0.15, 0.2) is 0 Å². The number of hydrogen-bond donors (Lipinski definition) is 1. The van der Waals surface area contributed by atoms with Crippen LogP contribution in [-0.4, -0.2) is 24.0 Å². The predicted octanol–water partition coefficient (Wildman–Crippen LogP) is 3.32. The Morgan fingerprint density at radius 3 is 2.44 bits per heavy atom. The zero-order valence-corrected chi connectivity index (χ0v) is 12.2. The minimum absolute atomic E-state index is 0.195. The molecule has 0 saturated heterocycles. The normalized spacial score (nSPS) is 11.9. The number of hydrogen-bond acceptors (Lipinski definition) is 2. The Morgan fingerprint density at radius 1 is 1.31 bits per heavy atom. The molecule has 96 valence electrons. The molecule has 0 aliphatic carbocycles. The summed E-state index contributed by atoms with van der Waals surface area (Å²) >= 11 is 1.87. The van der Waals surface area contributed by atoms with Crippen LogP contribution in [0.25, 0.3) is 0 Å². The first-order valence-electron chi connectivity index (χ1n) is 6.16. The molecule has 0 rings (SSSR count). The van der Waals surface area contributed by atoms with Gasteiger partial charge in [-0.25, -0.2) is 0 Å². The van der Waals surface area contributed by atoms with Gasteiger partial charge in [-0.3, -0.25) is 4.79 Å². The van der Waals surface area contributed by atoms with Gasteiger partial charge in [0, 0.05) is 18.7 Å². The van der Waals surface area contributed by atoms with E-state index in [0.717, 1.165) is 24.5 Å². The van der Waals surface area contributed by atoms with E-state index in [9.17, 15) is 4.79 Å². The third-order valence-electron chi connectivity index (χ3n) is 2.12. The molecule has 0 radical (unpaired) electrons. The van der Waals surface area contributed by atoms with E-state index in [4.69, 9.17) is 0 Å². The SMILES string of the molecule is CC(C)CSCCC(=O)NCCC(C)(C)C. The van der Waals surface area contributed by atoms with Crippen molar-refractivity contribution in [1.82, 2.24) is 5.32 Å². The van der Waals surface area contributed by atoms with Gasteiger partial charge >= 0.3 is 0 Å². The van der Waals surface area contributed by atoms with E-state index in [1.807, 2.05) is 11.8 Å². The lowest BCUT2D eigenvalue weighted by Crippen LogP contribution is -2.27. The number of thioether (sulfide) groups is 1. The van der Waals surface area contributed by atoms with Gasteiger partial charge in [0.05, 0.1) is 0 Å². The lowest BCUT2D eigenvalue weighted by Gasteiger charge is -2.17. The summed E-state index contributed by atoms with van der Waals surface area (Å²) in [5.41, 5.74) is 0.305. The van der Waals surface area contributed by atoms with Gasteiger partial charge in [0.2, 0.25) is 5.91 Å². The fourth-order valence-electron chi connectivity index (χ4n) is 1.15. The zero-order chi connectivity index (χ0) is 12.6. The Labute approximate surface area is 105 Å². The molecule has 0 bridgehead atoms. The van der Waals surface area contributed by atoms with Crippen LogP contribution in [-0.2, 0) is 4.79 Å². The van der Waals surface area contributed by atoms with Crippen LogP contribution in [0.5, 0.6) is 0 Å². The molecule has 0 aromatic rings. The highest BCUT2D eigenvalue weighted by Gasteiger charge is 2.10. The van der Waals surface area contributed by atoms with Gasteiger partial charge in [-0.1, -0.05) is 34.6 Å². The van der Waals surface area contributed by atoms with Crippen molar-refractivity contribution in [3.8, 4) is 0 Å². The van der Waals surface area contributed by atoms with Gasteiger partial charge in [0.25, 0.3) is 0 Å². The van der Waals surface area contributed by atoms with E-state index < -0.39 is 0 Å². The molecule has 0 heterocycles. The third-order valence-corrected chi connectivity index (χ3v) is 3.52. The number of carbonyl (C=O) groups is 1. The summed E-state index contributed by atoms with van der Waals surface area (Å²) < 4.78 is 0. The Bertz CT molecular complexity index is 197. The maximum atomic E-state index is 11.4. The smallest absolute Gasteiger partial charge is 0.220 e. The second kappa shape index (κ2) is 7.99. The van der Waals surface area contributed by atoms with E-state index in [2.05, 4.69) is 39.9 Å². The van der Waals surface area contributed by atoms with Gasteiger partial charge in [-0.2, -0.15) is 11.8 Å². The first-order valence-corrected chi connectivity index (χ1v) is 7.31. The largest absolute Gasteiger partial charge is 0.356 e. The highest BCUT2D eigenvalue weighted by molar-refractivity contribution is 7.99. The van der Waals surface area contributed by atoms with Crippen LogP contribution in [0.1, 0.15) is 47.5 Å². The third kappa shape index (κ3) is 11.9. The summed E-state index contributed by atoms with van der Waals surface area (Å²) in [6, 6.07) is 0. The van der Waals surface area contributed by atoms with Crippen molar-refractivity contribution in [2.75, 3.05) is 18.1 Å². The second-order valence-electron chi connectivity index (χ2n) is 5.88. The highest BCUT2D eigenvalue weighted by atomic mass is 32.2. The van der Waals surface area contributed by atoms with Crippen LogP contribution < -0.4 is 5.32 Å². The molecule has 0 aromatic carbocycles. The van der Waals surface area contributed by atoms with Crippen molar-refractivity contribution in [3.05, 3.63) is 0 Å². The van der Waals surface area contributed by atoms with Crippen LogP contribution in [0, 0.1) is 11.3 Å². The van der Waals surface area contributed by atoms with E-state index in [-0.39, 0.29) is 5.91 Å². The quantitative estimate of drug-likeness (QED) is 0.697. The molecule has 3 heteroatoms. The van der Waals surface area contributed by atoms with Crippen LogP contribution in [0.2, 0.25) is 0 Å². The van der Waals surface area contributed by atoms with Crippen molar-refractivity contribution in [2.45, 2.75) is 47.5 Å². The van der Waals surface area contributed by atoms with Gasteiger partial charge in [-0.05, 0) is 23.5 Å². The van der Waals surface area contributed by atoms with Gasteiger partial charge in [0.1, 0.15) is 0 Å². The van der Waals surface area contributed by atoms with Crippen LogP contribution in [0.3, 0.4) is 0 Å². The molecular formula is C13H27NOS. The van der Waals surface area contributed by atoms with Crippen molar-refractivity contribution in [1.29, 1.82) is 0 Å². The monoisotopic (exact) mass is 245 g/mol. The summed E-state index contributed by atoms with van der Waals surface area (Å²) in [5, 5.41) is 2.98. The first-order chi connectivity index (χ1) is 7.31. The second-order valence-corrected chi connectivity index (χ2v) is 7.03. The summed E-state index contributed by atoms with van der Waals surface area (Å²) in [6.45, 7) is 11.8. The van der Waals surface area contributed by atoms with Gasteiger partial charge in [-0.15, -0.1) is 0 Å². The van der Waals surface area contributed by atoms with Crippen molar-refractivity contribution in [3.63, 3.8) is 0 Å². The van der Waals surface area contributed by atoms with E-state index in [0.29, 0.717) is 17.8 Å². The summed E-state index contributed by atoms with van der Waals surface area (Å²) in [7, 11) is 0. The fraction of sp³-hybridized carbons (Fsp3) is 0.923. The van der Waals surface area contributed by atoms with Crippen molar-refractivity contribution >= 4 is 17.7 Å². The molecule has 0 unspecified atom stereocenters. The minimum atomic E-state index is 0.195. The minimum Gasteiger partial charge on any atom is -0.356 e. The van der Waals surface area contributed by atoms with Gasteiger partial charge in [0.15, 0.2) is 0 Å². The molecule has 1 N–H and O–H groups in total. The number of nitrogens with one attached hydrogen (secondary N) is 1. The number of rotatable bonds is 7. The molecule has 0 aliphatic rings. The van der Waals surface area contributed by atoms with E-state index in [1.165, 1.54) is 0 Å². The molecule has 0 fully saturated rings. The zero-order valence-electron chi connectivity index (χ0n) is 11.4. The lowest BCUT2D eigenvalue weighted by atomic mass is 9.92. The first kappa shape index (κ1) is 15.8. The summed E-state index contributed by atoms with van der Waals surface area (Å²) in [5.74, 6) is 3.00. The van der Waals surface area contributed by atoms with E-state index in [1.54, 1.807) is 0 Å². The van der Waals surface area contributed by atoms with Crippen molar-refractivity contribution < 1.29 is 4.79 Å². The standard InChI is InChI=1S/C13H27NOS/c1-11(2)10-16-9-6-12(15)14-8-7-13(3,4)5/h11H,6-10H2,1-5H3,(H,14,15). The Kier molecular flexibility index (Phi) is 7.90. The van der Waals surface area contributed by atoms with Crippen molar-refractivity contribution in [2.24, 2.45) is 11.3 Å². The molecule has 2 nitrogen and oxygen atoms in total. The molecule has 1 amide bonds. The van der Waals surface area contributed by atoms with Gasteiger partial charge < -0.3 is 5.32 Å². The molecule has 0 spiro atoms. The number of amides is 1. The molecule has 0 atom stereocenters. The van der Waals surface area contributed by atoms with E-state index >= 15 is 0 Å². The maximum Gasteiger partial charge on any atom is 0.220 e. The molecule has 16 heavy (non-hydrogen) atoms. The predicted molar refractivity (Wildman–Crippen MR) is 73.9 cm³/mol. The fourth-order valence-corrected chi connectivity index (χ4v) is 2.12. The average molecular weight is 245 g/mol. The maximum absolute atomic E-state index is 11.4. The Morgan fingerprint density at radius 2 is 1.94 bits per heavy atom. The highest BCUT2D eigenvalue weighted by Crippen LogP contribution is 2.17. The molecule has 0 aromatic heterocycles. The molecule has 0 aliphatic heterocycles. The van der Waals surface area contributed by atoms with Crippen LogP contribution >= 0.6 is 11.8 Å². The number of carbonyl (C=O) groups excluding carboxylic acids is 1. The topological polar surface area (TPSA) is 29.1 Å². The Balaban J connectivity index is 3.39. The van der Waals surface area contributed by atoms with Crippen LogP contribution in [0.4, 0.5) is 0 Å². The summed E-state index contributed by atoms with van der Waals surface area (Å²) in [6.07, 6.45) is 1.69. The summed E-state index contributed by atoms with van der Waals surface area (Å²) in [4.78, 5) is 11.4.